The molecule has 0 atom stereocenters. The summed E-state index contributed by atoms with van der Waals surface area (Å²) >= 11 is 0. The van der Waals surface area contributed by atoms with Crippen LogP contribution in [-0.2, 0) is 0 Å². The summed E-state index contributed by atoms with van der Waals surface area (Å²) in [6, 6.07) is 50.0. The van der Waals surface area contributed by atoms with Crippen molar-refractivity contribution in [1.29, 1.82) is 0 Å². The fourth-order valence-corrected chi connectivity index (χ4v) is 8.52. The fourth-order valence-electron chi connectivity index (χ4n) is 8.52. The van der Waals surface area contributed by atoms with Crippen LogP contribution in [0.1, 0.15) is 11.1 Å². The van der Waals surface area contributed by atoms with Gasteiger partial charge in [0.05, 0.1) is 0 Å². The molecule has 0 spiro atoms. The molecule has 0 saturated heterocycles. The molecule has 0 heteroatoms. The molecular formula is C44H28. The first kappa shape index (κ1) is 24.0. The van der Waals surface area contributed by atoms with Crippen LogP contribution >= 0.6 is 0 Å². The second kappa shape index (κ2) is 8.56. The molecule has 0 nitrogen and oxygen atoms in total. The van der Waals surface area contributed by atoms with Crippen LogP contribution in [0.3, 0.4) is 0 Å². The maximum atomic E-state index is 2.37. The first-order chi connectivity index (χ1) is 21.7. The summed E-state index contributed by atoms with van der Waals surface area (Å²) in [5.74, 6) is 0. The molecule has 0 saturated carbocycles. The highest BCUT2D eigenvalue weighted by molar-refractivity contribution is 6.45. The van der Waals surface area contributed by atoms with Crippen molar-refractivity contribution in [2.24, 2.45) is 0 Å². The Hall–Kier alpha value is -5.46. The van der Waals surface area contributed by atoms with Gasteiger partial charge < -0.3 is 0 Å². The zero-order valence-electron chi connectivity index (χ0n) is 24.7. The maximum Gasteiger partial charge on any atom is -0.000741 e. The van der Waals surface area contributed by atoms with Crippen molar-refractivity contribution in [1.82, 2.24) is 0 Å². The van der Waals surface area contributed by atoms with Gasteiger partial charge in [0.2, 0.25) is 0 Å². The van der Waals surface area contributed by atoms with Crippen LogP contribution in [0.25, 0.3) is 97.3 Å². The Kier molecular flexibility index (Phi) is 4.67. The largest absolute Gasteiger partial charge is 0.0616 e. The molecule has 0 unspecified atom stereocenters. The van der Waals surface area contributed by atoms with E-state index in [9.17, 15) is 0 Å². The van der Waals surface area contributed by atoms with Gasteiger partial charge in [-0.3, -0.25) is 0 Å². The second-order valence-electron chi connectivity index (χ2n) is 12.4. The third-order valence-electron chi connectivity index (χ3n) is 10.4. The Balaban J connectivity index is 1.58. The number of fused-ring (bicyclic) bond motifs is 8. The minimum atomic E-state index is 1.31. The molecule has 0 aliphatic rings. The summed E-state index contributed by atoms with van der Waals surface area (Å²) in [6.07, 6.45) is 0. The van der Waals surface area contributed by atoms with Crippen molar-refractivity contribution >= 4 is 86.2 Å². The van der Waals surface area contributed by atoms with Gasteiger partial charge in [0.15, 0.2) is 0 Å². The highest BCUT2D eigenvalue weighted by Crippen LogP contribution is 2.52. The molecule has 10 aromatic carbocycles. The zero-order valence-corrected chi connectivity index (χ0v) is 24.7. The maximum absolute atomic E-state index is 2.37. The third kappa shape index (κ3) is 2.88. The normalized spacial score (nSPS) is 12.3. The van der Waals surface area contributed by atoms with E-state index in [1.165, 1.54) is 108 Å². The number of hydrogen-bond acceptors (Lipinski definition) is 0. The van der Waals surface area contributed by atoms with Crippen LogP contribution in [0.4, 0.5) is 0 Å². The Bertz CT molecular complexity index is 2780. The van der Waals surface area contributed by atoms with Gasteiger partial charge in [0.25, 0.3) is 0 Å². The molecule has 0 aromatic heterocycles. The quantitative estimate of drug-likeness (QED) is 0.139. The number of rotatable bonds is 1. The lowest BCUT2D eigenvalue weighted by Gasteiger charge is -2.23. The molecule has 204 valence electrons. The summed E-state index contributed by atoms with van der Waals surface area (Å²) in [7, 11) is 0. The van der Waals surface area contributed by atoms with Gasteiger partial charge in [-0.15, -0.1) is 0 Å². The molecule has 0 aliphatic heterocycles. The molecule has 10 rings (SSSR count). The molecule has 44 heavy (non-hydrogen) atoms. The third-order valence-corrected chi connectivity index (χ3v) is 10.4. The number of aryl methyl sites for hydroxylation is 2. The topological polar surface area (TPSA) is 0 Å². The highest BCUT2D eigenvalue weighted by Gasteiger charge is 2.24. The molecule has 0 aliphatic carbocycles. The van der Waals surface area contributed by atoms with Crippen molar-refractivity contribution in [2.75, 3.05) is 0 Å². The van der Waals surface area contributed by atoms with Crippen molar-refractivity contribution in [3.8, 4) is 11.1 Å². The van der Waals surface area contributed by atoms with Gasteiger partial charge in [-0.25, -0.2) is 0 Å². The van der Waals surface area contributed by atoms with E-state index >= 15 is 0 Å². The van der Waals surface area contributed by atoms with Gasteiger partial charge in [-0.2, -0.15) is 0 Å². The molecule has 0 fully saturated rings. The van der Waals surface area contributed by atoms with Gasteiger partial charge >= 0.3 is 0 Å². The summed E-state index contributed by atoms with van der Waals surface area (Å²) in [5.41, 5.74) is 5.37. The molecule has 0 bridgehead atoms. The predicted octanol–water partition coefficient (Wildman–Crippen LogP) is 12.6. The van der Waals surface area contributed by atoms with E-state index in [-0.39, 0.29) is 0 Å². The van der Waals surface area contributed by atoms with Crippen LogP contribution in [0.15, 0.2) is 133 Å². The second-order valence-corrected chi connectivity index (χ2v) is 12.4. The predicted molar refractivity (Wildman–Crippen MR) is 193 cm³/mol. The Morgan fingerprint density at radius 2 is 0.500 bits per heavy atom. The van der Waals surface area contributed by atoms with Gasteiger partial charge in [-0.05, 0) is 122 Å². The Labute approximate surface area is 255 Å². The zero-order chi connectivity index (χ0) is 29.1. The molecule has 10 aromatic rings. The van der Waals surface area contributed by atoms with Crippen molar-refractivity contribution in [2.45, 2.75) is 13.8 Å². The van der Waals surface area contributed by atoms with Crippen LogP contribution in [-0.4, -0.2) is 0 Å². The minimum absolute atomic E-state index is 1.31. The average Bonchev–Trinajstić information content (AvgIpc) is 3.08. The minimum Gasteiger partial charge on any atom is -0.0616 e. The van der Waals surface area contributed by atoms with Crippen molar-refractivity contribution < 1.29 is 0 Å². The monoisotopic (exact) mass is 556 g/mol. The lowest BCUT2D eigenvalue weighted by Crippen LogP contribution is -1.95. The van der Waals surface area contributed by atoms with Crippen LogP contribution in [0.5, 0.6) is 0 Å². The first-order valence-corrected chi connectivity index (χ1v) is 15.5. The molecule has 0 amide bonds. The summed E-state index contributed by atoms with van der Waals surface area (Å²) in [4.78, 5) is 0. The summed E-state index contributed by atoms with van der Waals surface area (Å²) in [5, 5.41) is 21.4. The molecular weight excluding hydrogens is 528 g/mol. The van der Waals surface area contributed by atoms with Gasteiger partial charge in [0, 0.05) is 0 Å². The van der Waals surface area contributed by atoms with E-state index in [2.05, 4.69) is 147 Å². The average molecular weight is 557 g/mol. The lowest BCUT2D eigenvalue weighted by molar-refractivity contribution is 1.58. The van der Waals surface area contributed by atoms with Gasteiger partial charge in [-0.1, -0.05) is 133 Å². The Morgan fingerprint density at radius 1 is 0.227 bits per heavy atom. The van der Waals surface area contributed by atoms with Crippen molar-refractivity contribution in [3.05, 3.63) is 145 Å². The first-order valence-electron chi connectivity index (χ1n) is 15.5. The van der Waals surface area contributed by atoms with Crippen LogP contribution < -0.4 is 0 Å². The van der Waals surface area contributed by atoms with Crippen LogP contribution in [0.2, 0.25) is 0 Å². The fraction of sp³-hybridized carbons (Fsp3) is 0.0455. The van der Waals surface area contributed by atoms with E-state index in [0.717, 1.165) is 0 Å². The smallest absolute Gasteiger partial charge is 0.000741 e. The van der Waals surface area contributed by atoms with E-state index in [0.29, 0.717) is 0 Å². The standard InChI is InChI=1S/C44H28/c1-25-27-13-3-6-16-31(27)40(32-17-7-4-14-28(25)32)41-34-19-9-10-20-37(34)44-42-36(23-12-24-38(41)42)35-22-11-21-30-26(2)29-15-5-8-18-33(29)43(44)39(30)35/h3-24H,1-2H3. The summed E-state index contributed by atoms with van der Waals surface area (Å²) in [6.45, 7) is 4.56. The van der Waals surface area contributed by atoms with Crippen LogP contribution in [0, 0.1) is 13.8 Å². The molecule has 0 heterocycles. The summed E-state index contributed by atoms with van der Waals surface area (Å²) < 4.78 is 0. The Morgan fingerprint density at radius 3 is 1.05 bits per heavy atom. The molecule has 0 N–H and O–H groups in total. The van der Waals surface area contributed by atoms with Crippen molar-refractivity contribution in [3.63, 3.8) is 0 Å². The van der Waals surface area contributed by atoms with E-state index in [1.54, 1.807) is 0 Å². The number of benzene rings is 10. The SMILES string of the molecule is Cc1c2ccccc2c(-c2c3ccccc3c3c4c2cccc4c2cccc4c(C)c5ccccc5c3c42)c2ccccc12. The van der Waals surface area contributed by atoms with Gasteiger partial charge in [0.1, 0.15) is 0 Å². The molecule has 0 radical (unpaired) electrons. The lowest BCUT2D eigenvalue weighted by atomic mass is 9.79. The number of hydrogen-bond donors (Lipinski definition) is 0. The van der Waals surface area contributed by atoms with E-state index < -0.39 is 0 Å². The van der Waals surface area contributed by atoms with E-state index in [4.69, 9.17) is 0 Å². The van der Waals surface area contributed by atoms with E-state index in [1.807, 2.05) is 0 Å². The highest BCUT2D eigenvalue weighted by atomic mass is 14.3.